The zero-order chi connectivity index (χ0) is 10.5. The van der Waals surface area contributed by atoms with Crippen molar-refractivity contribution in [2.24, 2.45) is 5.73 Å². The molecule has 2 nitrogen and oxygen atoms in total. The molecule has 2 rings (SSSR count). The third-order valence-electron chi connectivity index (χ3n) is 3.01. The van der Waals surface area contributed by atoms with Crippen LogP contribution in [0.4, 0.5) is 0 Å². The molecular weight excluding hydrogens is 186 g/mol. The normalized spacial score (nSPS) is 17.7. The van der Waals surface area contributed by atoms with Crippen LogP contribution in [-0.4, -0.2) is 6.10 Å². The molecule has 0 aromatic heterocycles. The molecule has 1 aliphatic rings. The molecule has 1 aromatic carbocycles. The van der Waals surface area contributed by atoms with Crippen LogP contribution in [0.2, 0.25) is 0 Å². The summed E-state index contributed by atoms with van der Waals surface area (Å²) in [5.41, 5.74) is 6.70. The zero-order valence-corrected chi connectivity index (χ0v) is 9.11. The van der Waals surface area contributed by atoms with E-state index in [9.17, 15) is 0 Å². The Hall–Kier alpha value is -1.02. The van der Waals surface area contributed by atoms with Gasteiger partial charge in [-0.25, -0.2) is 0 Å². The standard InChI is InChI=1S/C13H19NO/c14-10-11-6-8-13(9-7-11)15-12-4-2-1-3-5-12/h6-9,12H,1-5,10,14H2. The highest BCUT2D eigenvalue weighted by molar-refractivity contribution is 5.27. The summed E-state index contributed by atoms with van der Waals surface area (Å²) < 4.78 is 5.91. The third-order valence-corrected chi connectivity index (χ3v) is 3.01. The van der Waals surface area contributed by atoms with Crippen molar-refractivity contribution in [1.82, 2.24) is 0 Å². The summed E-state index contributed by atoms with van der Waals surface area (Å²) in [5, 5.41) is 0. The van der Waals surface area contributed by atoms with Gasteiger partial charge in [-0.15, -0.1) is 0 Å². The van der Waals surface area contributed by atoms with Crippen molar-refractivity contribution in [2.75, 3.05) is 0 Å². The van der Waals surface area contributed by atoms with Crippen LogP contribution in [0.1, 0.15) is 37.7 Å². The predicted octanol–water partition coefficient (Wildman–Crippen LogP) is 2.86. The average Bonchev–Trinajstić information content (AvgIpc) is 2.31. The molecule has 2 N–H and O–H groups in total. The van der Waals surface area contributed by atoms with Crippen LogP contribution in [0, 0.1) is 0 Å². The van der Waals surface area contributed by atoms with E-state index in [-0.39, 0.29) is 0 Å². The molecule has 1 saturated carbocycles. The first-order valence-electron chi connectivity index (χ1n) is 5.84. The Labute approximate surface area is 91.4 Å². The number of nitrogens with two attached hydrogens (primary N) is 1. The lowest BCUT2D eigenvalue weighted by molar-refractivity contribution is 0.155. The van der Waals surface area contributed by atoms with E-state index in [1.165, 1.54) is 32.1 Å². The molecule has 0 amide bonds. The molecule has 0 saturated heterocycles. The topological polar surface area (TPSA) is 35.2 Å². The third kappa shape index (κ3) is 2.96. The molecule has 82 valence electrons. The van der Waals surface area contributed by atoms with Gasteiger partial charge < -0.3 is 10.5 Å². The van der Waals surface area contributed by atoms with Gasteiger partial charge in [0.1, 0.15) is 5.75 Å². The second-order valence-corrected chi connectivity index (χ2v) is 4.23. The summed E-state index contributed by atoms with van der Waals surface area (Å²) in [6.45, 7) is 0.601. The van der Waals surface area contributed by atoms with E-state index in [0.29, 0.717) is 12.6 Å². The van der Waals surface area contributed by atoms with Crippen molar-refractivity contribution in [3.63, 3.8) is 0 Å². The van der Waals surface area contributed by atoms with E-state index in [1.807, 2.05) is 24.3 Å². The number of ether oxygens (including phenoxy) is 1. The molecule has 0 atom stereocenters. The fraction of sp³-hybridized carbons (Fsp3) is 0.538. The van der Waals surface area contributed by atoms with Crippen molar-refractivity contribution < 1.29 is 4.74 Å². The van der Waals surface area contributed by atoms with Crippen LogP contribution in [0.5, 0.6) is 5.75 Å². The Kier molecular flexibility index (Phi) is 3.62. The van der Waals surface area contributed by atoms with E-state index in [2.05, 4.69) is 0 Å². The smallest absolute Gasteiger partial charge is 0.119 e. The zero-order valence-electron chi connectivity index (χ0n) is 9.11. The lowest BCUT2D eigenvalue weighted by Crippen LogP contribution is -2.19. The second-order valence-electron chi connectivity index (χ2n) is 4.23. The van der Waals surface area contributed by atoms with E-state index in [1.54, 1.807) is 0 Å². The Morgan fingerprint density at radius 2 is 1.73 bits per heavy atom. The van der Waals surface area contributed by atoms with Crippen molar-refractivity contribution in [1.29, 1.82) is 0 Å². The Morgan fingerprint density at radius 1 is 1.07 bits per heavy atom. The monoisotopic (exact) mass is 205 g/mol. The molecule has 15 heavy (non-hydrogen) atoms. The Bertz CT molecular complexity index is 288. The van der Waals surface area contributed by atoms with E-state index in [0.717, 1.165) is 11.3 Å². The fourth-order valence-electron chi connectivity index (χ4n) is 2.08. The SMILES string of the molecule is NCc1ccc(OC2CCCCC2)cc1. The highest BCUT2D eigenvalue weighted by Crippen LogP contribution is 2.23. The first-order chi connectivity index (χ1) is 7.38. The summed E-state index contributed by atoms with van der Waals surface area (Å²) in [5.74, 6) is 0.985. The summed E-state index contributed by atoms with van der Waals surface area (Å²) in [6.07, 6.45) is 6.84. The van der Waals surface area contributed by atoms with Gasteiger partial charge in [0.25, 0.3) is 0 Å². The number of hydrogen-bond donors (Lipinski definition) is 1. The summed E-state index contributed by atoms with van der Waals surface area (Å²) >= 11 is 0. The maximum absolute atomic E-state index is 5.91. The van der Waals surface area contributed by atoms with E-state index in [4.69, 9.17) is 10.5 Å². The molecule has 0 unspecified atom stereocenters. The largest absolute Gasteiger partial charge is 0.490 e. The molecule has 1 aliphatic carbocycles. The molecule has 1 aromatic rings. The lowest BCUT2D eigenvalue weighted by Gasteiger charge is -2.23. The number of hydrogen-bond acceptors (Lipinski definition) is 2. The van der Waals surface area contributed by atoms with Crippen LogP contribution in [0.3, 0.4) is 0 Å². The van der Waals surface area contributed by atoms with E-state index < -0.39 is 0 Å². The van der Waals surface area contributed by atoms with Crippen LogP contribution < -0.4 is 10.5 Å². The summed E-state index contributed by atoms with van der Waals surface area (Å²) in [6, 6.07) is 8.13. The van der Waals surface area contributed by atoms with Gasteiger partial charge in [-0.2, -0.15) is 0 Å². The molecule has 0 aliphatic heterocycles. The maximum atomic E-state index is 5.91. The average molecular weight is 205 g/mol. The first kappa shape index (κ1) is 10.5. The van der Waals surface area contributed by atoms with Crippen LogP contribution in [0.25, 0.3) is 0 Å². The molecule has 1 fully saturated rings. The quantitative estimate of drug-likeness (QED) is 0.823. The van der Waals surface area contributed by atoms with Crippen molar-refractivity contribution in [3.8, 4) is 5.75 Å². The molecule has 0 heterocycles. The van der Waals surface area contributed by atoms with Gasteiger partial charge in [0.2, 0.25) is 0 Å². The van der Waals surface area contributed by atoms with Gasteiger partial charge in [0.05, 0.1) is 6.10 Å². The van der Waals surface area contributed by atoms with Gasteiger partial charge in [0, 0.05) is 6.54 Å². The van der Waals surface area contributed by atoms with Gasteiger partial charge in [-0.05, 0) is 43.4 Å². The molecule has 0 bridgehead atoms. The molecule has 2 heteroatoms. The van der Waals surface area contributed by atoms with Gasteiger partial charge in [-0.3, -0.25) is 0 Å². The first-order valence-corrected chi connectivity index (χ1v) is 5.84. The minimum atomic E-state index is 0.433. The second kappa shape index (κ2) is 5.17. The minimum Gasteiger partial charge on any atom is -0.490 e. The predicted molar refractivity (Wildman–Crippen MR) is 61.8 cm³/mol. The maximum Gasteiger partial charge on any atom is 0.119 e. The van der Waals surface area contributed by atoms with Gasteiger partial charge in [0.15, 0.2) is 0 Å². The van der Waals surface area contributed by atoms with Crippen molar-refractivity contribution in [2.45, 2.75) is 44.8 Å². The Morgan fingerprint density at radius 3 is 2.33 bits per heavy atom. The van der Waals surface area contributed by atoms with Crippen molar-refractivity contribution in [3.05, 3.63) is 29.8 Å². The molecular formula is C13H19NO. The highest BCUT2D eigenvalue weighted by Gasteiger charge is 2.14. The molecule has 0 radical (unpaired) electrons. The fourth-order valence-corrected chi connectivity index (χ4v) is 2.08. The van der Waals surface area contributed by atoms with E-state index >= 15 is 0 Å². The highest BCUT2D eigenvalue weighted by atomic mass is 16.5. The summed E-state index contributed by atoms with van der Waals surface area (Å²) in [7, 11) is 0. The minimum absolute atomic E-state index is 0.433. The number of rotatable bonds is 3. The summed E-state index contributed by atoms with van der Waals surface area (Å²) in [4.78, 5) is 0. The van der Waals surface area contributed by atoms with Crippen LogP contribution in [0.15, 0.2) is 24.3 Å². The van der Waals surface area contributed by atoms with Gasteiger partial charge in [-0.1, -0.05) is 18.6 Å². The number of benzene rings is 1. The lowest BCUT2D eigenvalue weighted by atomic mass is 9.98. The van der Waals surface area contributed by atoms with Crippen LogP contribution in [-0.2, 0) is 6.54 Å². The van der Waals surface area contributed by atoms with Gasteiger partial charge >= 0.3 is 0 Å². The van der Waals surface area contributed by atoms with Crippen molar-refractivity contribution >= 4 is 0 Å². The Balaban J connectivity index is 1.91. The molecule has 0 spiro atoms. The van der Waals surface area contributed by atoms with Crippen LogP contribution >= 0.6 is 0 Å².